The fourth-order valence-electron chi connectivity index (χ4n) is 7.19. The van der Waals surface area contributed by atoms with E-state index in [0.29, 0.717) is 38.6 Å². The van der Waals surface area contributed by atoms with Gasteiger partial charge in [0.25, 0.3) is 0 Å². The van der Waals surface area contributed by atoms with Crippen molar-refractivity contribution in [3.05, 3.63) is 71.8 Å². The minimum absolute atomic E-state index is 0.0205. The number of hydrogen-bond acceptors (Lipinski definition) is 5. The molecule has 2 aromatic rings. The number of ether oxygens (including phenoxy) is 4. The third-order valence-electron chi connectivity index (χ3n) is 8.98. The van der Waals surface area contributed by atoms with Gasteiger partial charge in [-0.3, -0.25) is 4.79 Å². The summed E-state index contributed by atoms with van der Waals surface area (Å²) in [6.07, 6.45) is 1.83. The molecule has 7 atom stereocenters. The first-order chi connectivity index (χ1) is 17.0. The average molecular weight is 479 g/mol. The molecule has 3 fully saturated rings. The lowest BCUT2D eigenvalue weighted by atomic mass is 9.52. The van der Waals surface area contributed by atoms with Gasteiger partial charge in [-0.1, -0.05) is 74.5 Å². The zero-order chi connectivity index (χ0) is 24.5. The molecule has 188 valence electrons. The molecule has 0 bridgehead atoms. The molecule has 1 aliphatic heterocycles. The van der Waals surface area contributed by atoms with Crippen LogP contribution >= 0.6 is 0 Å². The van der Waals surface area contributed by atoms with Gasteiger partial charge >= 0.3 is 0 Å². The van der Waals surface area contributed by atoms with E-state index in [1.807, 2.05) is 36.4 Å². The van der Waals surface area contributed by atoms with Crippen LogP contribution < -0.4 is 0 Å². The Balaban J connectivity index is 1.40. The van der Waals surface area contributed by atoms with Gasteiger partial charge in [0.15, 0.2) is 6.29 Å². The Morgan fingerprint density at radius 2 is 1.54 bits per heavy atom. The molecule has 2 aliphatic carbocycles. The Hall–Kier alpha value is -2.05. The van der Waals surface area contributed by atoms with Crippen LogP contribution in [0.25, 0.3) is 0 Å². The fourth-order valence-corrected chi connectivity index (χ4v) is 7.19. The van der Waals surface area contributed by atoms with E-state index in [1.165, 1.54) is 0 Å². The van der Waals surface area contributed by atoms with Gasteiger partial charge in [-0.05, 0) is 34.8 Å². The van der Waals surface area contributed by atoms with Gasteiger partial charge in [-0.2, -0.15) is 0 Å². The van der Waals surface area contributed by atoms with Gasteiger partial charge in [0, 0.05) is 31.3 Å². The van der Waals surface area contributed by atoms with Crippen molar-refractivity contribution in [3.8, 4) is 0 Å². The molecule has 0 amide bonds. The summed E-state index contributed by atoms with van der Waals surface area (Å²) in [5.41, 5.74) is 1.93. The molecular weight excluding hydrogens is 440 g/mol. The van der Waals surface area contributed by atoms with Crippen molar-refractivity contribution in [1.82, 2.24) is 0 Å². The molecule has 2 saturated carbocycles. The molecule has 0 aromatic heterocycles. The molecule has 35 heavy (non-hydrogen) atoms. The molecule has 3 aliphatic rings. The zero-order valence-electron chi connectivity index (χ0n) is 21.2. The summed E-state index contributed by atoms with van der Waals surface area (Å²) in [4.78, 5) is 13.3. The van der Waals surface area contributed by atoms with Crippen molar-refractivity contribution in [2.24, 2.45) is 28.6 Å². The molecule has 0 N–H and O–H groups in total. The van der Waals surface area contributed by atoms with Crippen LogP contribution in [0.1, 0.15) is 44.2 Å². The van der Waals surface area contributed by atoms with Gasteiger partial charge in [-0.15, -0.1) is 0 Å². The van der Waals surface area contributed by atoms with Gasteiger partial charge in [-0.25, -0.2) is 0 Å². The van der Waals surface area contributed by atoms with Crippen LogP contribution in [0.5, 0.6) is 0 Å². The van der Waals surface area contributed by atoms with E-state index < -0.39 is 0 Å². The largest absolute Gasteiger partial charge is 0.376 e. The van der Waals surface area contributed by atoms with Crippen LogP contribution in [-0.2, 0) is 37.0 Å². The third-order valence-corrected chi connectivity index (χ3v) is 8.98. The van der Waals surface area contributed by atoms with Gasteiger partial charge < -0.3 is 18.9 Å². The average Bonchev–Trinajstić information content (AvgIpc) is 3.11. The lowest BCUT2D eigenvalue weighted by molar-refractivity contribution is -0.264. The van der Waals surface area contributed by atoms with Gasteiger partial charge in [0.1, 0.15) is 5.78 Å². The van der Waals surface area contributed by atoms with Crippen LogP contribution in [0.2, 0.25) is 0 Å². The van der Waals surface area contributed by atoms with E-state index >= 15 is 0 Å². The monoisotopic (exact) mass is 478 g/mol. The molecule has 0 spiro atoms. The molecule has 2 aromatic carbocycles. The molecule has 5 nitrogen and oxygen atoms in total. The standard InChI is InChI=1S/C30H38O5/c1-21-24-14-28(32-3)35-27-16-29(2,19-33-17-22-10-6-4-7-11-22)26(15-25(21)31)30(24,27)20-34-18-23-12-8-5-9-13-23/h4-13,21,24,26-28H,14-20H2,1-3H3/t21-,24+,26-,27-,28+,29-,30+/m1/s1. The molecule has 1 heterocycles. The normalized spacial score (nSPS) is 36.2. The van der Waals surface area contributed by atoms with E-state index in [2.05, 4.69) is 38.1 Å². The highest BCUT2D eigenvalue weighted by Gasteiger charge is 2.69. The first kappa shape index (κ1) is 24.6. The first-order valence-corrected chi connectivity index (χ1v) is 12.9. The van der Waals surface area contributed by atoms with E-state index in [4.69, 9.17) is 18.9 Å². The van der Waals surface area contributed by atoms with Gasteiger partial charge in [0.2, 0.25) is 0 Å². The van der Waals surface area contributed by atoms with E-state index in [0.717, 1.165) is 24.0 Å². The van der Waals surface area contributed by atoms with Crippen LogP contribution in [0.4, 0.5) is 0 Å². The van der Waals surface area contributed by atoms with Crippen LogP contribution in [0.15, 0.2) is 60.7 Å². The summed E-state index contributed by atoms with van der Waals surface area (Å²) in [6.45, 7) is 6.69. The molecule has 0 radical (unpaired) electrons. The minimum Gasteiger partial charge on any atom is -0.376 e. The number of ketones is 1. The second-order valence-electron chi connectivity index (χ2n) is 11.1. The van der Waals surface area contributed by atoms with Crippen molar-refractivity contribution < 1.29 is 23.7 Å². The van der Waals surface area contributed by atoms with Crippen LogP contribution in [0.3, 0.4) is 0 Å². The van der Waals surface area contributed by atoms with E-state index in [1.54, 1.807) is 7.11 Å². The number of carbonyl (C=O) groups excluding carboxylic acids is 1. The number of hydrogen-bond donors (Lipinski definition) is 0. The Morgan fingerprint density at radius 1 is 0.943 bits per heavy atom. The summed E-state index contributed by atoms with van der Waals surface area (Å²) in [5.74, 6) is 0.649. The predicted octanol–water partition coefficient (Wildman–Crippen LogP) is 5.42. The fraction of sp³-hybridized carbons (Fsp3) is 0.567. The van der Waals surface area contributed by atoms with Crippen LogP contribution in [0, 0.1) is 28.6 Å². The topological polar surface area (TPSA) is 54.0 Å². The second-order valence-corrected chi connectivity index (χ2v) is 11.1. The molecule has 1 saturated heterocycles. The maximum absolute atomic E-state index is 13.3. The van der Waals surface area contributed by atoms with Crippen molar-refractivity contribution in [2.45, 2.75) is 58.7 Å². The van der Waals surface area contributed by atoms with Gasteiger partial charge in [0.05, 0.1) is 32.5 Å². The second kappa shape index (κ2) is 10.1. The summed E-state index contributed by atoms with van der Waals surface area (Å²) >= 11 is 0. The number of carbonyl (C=O) groups is 1. The highest BCUT2D eigenvalue weighted by Crippen LogP contribution is 2.67. The number of Topliss-reactive ketones (excluding diaryl/α,β-unsaturated/α-hetero) is 1. The summed E-state index contributed by atoms with van der Waals surface area (Å²) < 4.78 is 25.0. The van der Waals surface area contributed by atoms with Crippen molar-refractivity contribution in [1.29, 1.82) is 0 Å². The Morgan fingerprint density at radius 3 is 2.14 bits per heavy atom. The zero-order valence-corrected chi connectivity index (χ0v) is 21.2. The van der Waals surface area contributed by atoms with Crippen molar-refractivity contribution in [3.63, 3.8) is 0 Å². The summed E-state index contributed by atoms with van der Waals surface area (Å²) in [7, 11) is 1.70. The van der Waals surface area contributed by atoms with E-state index in [9.17, 15) is 4.79 Å². The van der Waals surface area contributed by atoms with Crippen molar-refractivity contribution in [2.75, 3.05) is 20.3 Å². The smallest absolute Gasteiger partial charge is 0.157 e. The Bertz CT molecular complexity index is 994. The quantitative estimate of drug-likeness (QED) is 0.482. The molecule has 5 rings (SSSR count). The lowest BCUT2D eigenvalue weighted by Gasteiger charge is -2.56. The first-order valence-electron chi connectivity index (χ1n) is 12.9. The summed E-state index contributed by atoms with van der Waals surface area (Å²) in [5, 5.41) is 0. The van der Waals surface area contributed by atoms with Crippen LogP contribution in [-0.4, -0.2) is 38.5 Å². The minimum atomic E-state index is -0.283. The Kier molecular flexibility index (Phi) is 7.13. The highest BCUT2D eigenvalue weighted by molar-refractivity contribution is 5.82. The van der Waals surface area contributed by atoms with E-state index in [-0.39, 0.29) is 41.0 Å². The molecular formula is C30H38O5. The maximum Gasteiger partial charge on any atom is 0.157 e. The predicted molar refractivity (Wildman–Crippen MR) is 133 cm³/mol. The molecule has 5 heteroatoms. The number of rotatable bonds is 9. The molecule has 0 unspecified atom stereocenters. The summed E-state index contributed by atoms with van der Waals surface area (Å²) in [6, 6.07) is 20.6. The number of benzene rings is 2. The lowest BCUT2D eigenvalue weighted by Crippen LogP contribution is -2.60. The Labute approximate surface area is 209 Å². The third kappa shape index (κ3) is 4.60. The maximum atomic E-state index is 13.3. The number of methoxy groups -OCH3 is 1. The highest BCUT2D eigenvalue weighted by atomic mass is 16.7. The SMILES string of the molecule is CO[C@@H]1C[C@H]2[C@@H](C)C(=O)C[C@@H]3[C@@](C)(COCc4ccccc4)C[C@@H](O1)[C@]32COCc1ccccc1. The van der Waals surface area contributed by atoms with Crippen molar-refractivity contribution >= 4 is 5.78 Å².